The fraction of sp³-hybridized carbons (Fsp3) is 0. The van der Waals surface area contributed by atoms with Crippen molar-refractivity contribution in [3.63, 3.8) is 0 Å². The third-order valence-corrected chi connectivity index (χ3v) is 1.34. The van der Waals surface area contributed by atoms with Gasteiger partial charge in [0.1, 0.15) is 5.69 Å². The van der Waals surface area contributed by atoms with E-state index >= 15 is 0 Å². The van der Waals surface area contributed by atoms with Crippen LogP contribution in [-0.2, 0) is 0 Å². The fourth-order valence-corrected chi connectivity index (χ4v) is 0.759. The minimum absolute atomic E-state index is 0.0173. The van der Waals surface area contributed by atoms with Crippen molar-refractivity contribution in [3.05, 3.63) is 34.1 Å². The van der Waals surface area contributed by atoms with E-state index in [9.17, 15) is 4.79 Å². The Kier molecular flexibility index (Phi) is 0.917. The van der Waals surface area contributed by atoms with E-state index in [0.717, 1.165) is 0 Å². The number of nitrogens with zero attached hydrogens (tertiary/aromatic N) is 2. The van der Waals surface area contributed by atoms with Crippen LogP contribution in [0, 0.1) is 0 Å². The van der Waals surface area contributed by atoms with Crippen LogP contribution in [0.5, 0.6) is 0 Å². The van der Waals surface area contributed by atoms with Gasteiger partial charge in [-0.1, -0.05) is 6.08 Å². The molecule has 48 valence electrons. The molecular weight excluding hydrogens is 128 g/mol. The molecule has 0 unspecified atom stereocenters. The summed E-state index contributed by atoms with van der Waals surface area (Å²) in [5, 5.41) is 7.27. The number of hydrogen-bond acceptors (Lipinski definition) is 3. The Balaban J connectivity index is 2.48. The highest BCUT2D eigenvalue weighted by Crippen LogP contribution is 2.23. The predicted molar refractivity (Wildman–Crippen MR) is 37.8 cm³/mol. The molecule has 3 nitrogen and oxygen atoms in total. The summed E-state index contributed by atoms with van der Waals surface area (Å²) in [6.07, 6.45) is 6.80. The molecule has 0 atom stereocenters. The van der Waals surface area contributed by atoms with Crippen LogP contribution in [0.4, 0.5) is 5.69 Å². The Morgan fingerprint density at radius 2 is 2.20 bits per heavy atom. The Bertz CT molecular complexity index is 320. The van der Waals surface area contributed by atoms with Crippen molar-refractivity contribution in [2.24, 2.45) is 10.2 Å². The molecule has 1 aromatic rings. The van der Waals surface area contributed by atoms with Crippen LogP contribution in [0.1, 0.15) is 5.56 Å². The van der Waals surface area contributed by atoms with Crippen molar-refractivity contribution in [1.29, 1.82) is 0 Å². The smallest absolute Gasteiger partial charge is 0.216 e. The van der Waals surface area contributed by atoms with Crippen LogP contribution in [0.3, 0.4) is 0 Å². The molecule has 0 saturated carbocycles. The highest BCUT2D eigenvalue weighted by Gasteiger charge is 2.19. The monoisotopic (exact) mass is 132 g/mol. The van der Waals surface area contributed by atoms with E-state index in [1.165, 1.54) is 0 Å². The molecule has 3 heteroatoms. The molecule has 0 bridgehead atoms. The second kappa shape index (κ2) is 1.73. The molecule has 1 heterocycles. The second-order valence-electron chi connectivity index (χ2n) is 2.01. The van der Waals surface area contributed by atoms with Gasteiger partial charge in [-0.15, -0.1) is 5.11 Å². The van der Waals surface area contributed by atoms with Crippen molar-refractivity contribution in [2.45, 2.75) is 0 Å². The van der Waals surface area contributed by atoms with E-state index in [1.54, 1.807) is 24.4 Å². The molecule has 1 aliphatic rings. The van der Waals surface area contributed by atoms with Gasteiger partial charge in [0.15, 0.2) is 0 Å². The van der Waals surface area contributed by atoms with Crippen LogP contribution in [0.25, 0.3) is 6.08 Å². The van der Waals surface area contributed by atoms with Gasteiger partial charge in [0.25, 0.3) is 0 Å². The first-order valence-corrected chi connectivity index (χ1v) is 2.92. The maximum atomic E-state index is 10.7. The topological polar surface area (TPSA) is 41.8 Å². The van der Waals surface area contributed by atoms with Crippen LogP contribution >= 0.6 is 0 Å². The highest BCUT2D eigenvalue weighted by atomic mass is 16.1. The van der Waals surface area contributed by atoms with Gasteiger partial charge in [0.2, 0.25) is 5.43 Å². The van der Waals surface area contributed by atoms with Gasteiger partial charge in [-0.25, -0.2) is 0 Å². The summed E-state index contributed by atoms with van der Waals surface area (Å²) in [4.78, 5) is 10.7. The molecule has 10 heavy (non-hydrogen) atoms. The quantitative estimate of drug-likeness (QED) is 0.528. The molecule has 2 rings (SSSR count). The van der Waals surface area contributed by atoms with Gasteiger partial charge in [0, 0.05) is 6.20 Å². The first-order chi connectivity index (χ1) is 4.89. The Hall–Kier alpha value is -1.51. The largest absolute Gasteiger partial charge is 0.287 e. The molecule has 1 aliphatic heterocycles. The summed E-state index contributed by atoms with van der Waals surface area (Å²) in [5.41, 5.74) is 1.21. The Morgan fingerprint density at radius 3 is 3.10 bits per heavy atom. The normalized spacial score (nSPS) is 21.6. The zero-order valence-corrected chi connectivity index (χ0v) is 5.11. The summed E-state index contributed by atoms with van der Waals surface area (Å²) in [5.74, 6) is 0. The fourth-order valence-electron chi connectivity index (χ4n) is 0.759. The van der Waals surface area contributed by atoms with Crippen molar-refractivity contribution in [1.82, 2.24) is 0 Å². The number of rotatable bonds is 0. The van der Waals surface area contributed by atoms with E-state index < -0.39 is 0 Å². The average Bonchev–Trinajstić information content (AvgIpc) is 2.39. The minimum Gasteiger partial charge on any atom is -0.287 e. The molecule has 1 aromatic carbocycles. The van der Waals surface area contributed by atoms with Crippen molar-refractivity contribution >= 4 is 11.8 Å². The molecule has 0 fully saturated rings. The van der Waals surface area contributed by atoms with Crippen LogP contribution < -0.4 is 5.43 Å². The zero-order chi connectivity index (χ0) is 6.97. The number of allylic oxidation sites excluding steroid dienone is 2. The lowest BCUT2D eigenvalue weighted by Crippen LogP contribution is -1.70. The van der Waals surface area contributed by atoms with Gasteiger partial charge >= 0.3 is 0 Å². The maximum Gasteiger partial charge on any atom is 0.216 e. The molecule has 0 aromatic heterocycles. The Labute approximate surface area is 57.1 Å². The lowest BCUT2D eigenvalue weighted by molar-refractivity contribution is 1.25. The summed E-state index contributed by atoms with van der Waals surface area (Å²) in [6.45, 7) is 0. The van der Waals surface area contributed by atoms with E-state index in [1.807, 2.05) is 0 Å². The minimum atomic E-state index is 0.0173. The maximum absolute atomic E-state index is 10.7. The molecule has 0 saturated heterocycles. The average molecular weight is 132 g/mol. The molecular formula is C7H4N2O. The number of hydrogen-bond donors (Lipinski definition) is 0. The predicted octanol–water partition coefficient (Wildman–Crippen LogP) is 1.55. The summed E-state index contributed by atoms with van der Waals surface area (Å²) >= 11 is 0. The van der Waals surface area contributed by atoms with Crippen molar-refractivity contribution in [3.8, 4) is 0 Å². The van der Waals surface area contributed by atoms with Gasteiger partial charge in [-0.05, 0) is 12.2 Å². The third kappa shape index (κ3) is 0.639. The summed E-state index contributed by atoms with van der Waals surface area (Å²) in [6, 6.07) is 0. The van der Waals surface area contributed by atoms with Gasteiger partial charge < -0.3 is 0 Å². The zero-order valence-electron chi connectivity index (χ0n) is 5.11. The molecule has 0 amide bonds. The van der Waals surface area contributed by atoms with Gasteiger partial charge in [-0.3, -0.25) is 4.79 Å². The van der Waals surface area contributed by atoms with Crippen LogP contribution in [0.2, 0.25) is 0 Å². The van der Waals surface area contributed by atoms with E-state index in [0.29, 0.717) is 11.3 Å². The van der Waals surface area contributed by atoms with Gasteiger partial charge in [0.05, 0.1) is 5.56 Å². The number of azo groups is 1. The molecule has 0 N–H and O–H groups in total. The first kappa shape index (κ1) is 5.29. The summed E-state index contributed by atoms with van der Waals surface area (Å²) < 4.78 is 0. The summed E-state index contributed by atoms with van der Waals surface area (Å²) in [7, 11) is 0. The highest BCUT2D eigenvalue weighted by molar-refractivity contribution is 5.75. The van der Waals surface area contributed by atoms with E-state index in [-0.39, 0.29) is 5.43 Å². The Morgan fingerprint density at radius 1 is 1.30 bits per heavy atom. The SMILES string of the molecule is O=c1c2c1N=N/C=C\C=C/2. The van der Waals surface area contributed by atoms with E-state index in [4.69, 9.17) is 0 Å². The standard InChI is InChI=1S/C7H4N2O/c10-7-5-3-1-2-4-8-9-6(5)7/h1-4H/b2-1?,3-1-,4-2-,5-3?,8-4?,9-6?,9-8?. The van der Waals surface area contributed by atoms with Crippen molar-refractivity contribution in [2.75, 3.05) is 0 Å². The lowest BCUT2D eigenvalue weighted by Gasteiger charge is -1.76. The van der Waals surface area contributed by atoms with Crippen LogP contribution in [-0.4, -0.2) is 0 Å². The second-order valence-corrected chi connectivity index (χ2v) is 2.01. The first-order valence-electron chi connectivity index (χ1n) is 2.92. The van der Waals surface area contributed by atoms with Crippen molar-refractivity contribution < 1.29 is 0 Å². The van der Waals surface area contributed by atoms with Gasteiger partial charge in [-0.2, -0.15) is 5.11 Å². The number of fused-ring (bicyclic) bond motifs is 1. The lowest BCUT2D eigenvalue weighted by atomic mass is 10.4. The molecule has 0 radical (unpaired) electrons. The van der Waals surface area contributed by atoms with Crippen LogP contribution in [0.15, 0.2) is 33.4 Å². The van der Waals surface area contributed by atoms with E-state index in [2.05, 4.69) is 10.2 Å². The third-order valence-electron chi connectivity index (χ3n) is 1.34. The molecule has 0 aliphatic carbocycles. The molecule has 0 spiro atoms.